The molecule has 4 nitrogen and oxygen atoms in total. The van der Waals surface area contributed by atoms with Crippen LogP contribution in [0.15, 0.2) is 60.8 Å². The Morgan fingerprint density at radius 2 is 1.89 bits per heavy atom. The molecule has 0 fully saturated rings. The molecule has 0 spiro atoms. The van der Waals surface area contributed by atoms with Gasteiger partial charge in [0.2, 0.25) is 0 Å². The Labute approximate surface area is 159 Å². The maximum atomic E-state index is 6.01. The Morgan fingerprint density at radius 3 is 2.67 bits per heavy atom. The van der Waals surface area contributed by atoms with Crippen LogP contribution in [0.3, 0.4) is 0 Å². The van der Waals surface area contributed by atoms with Crippen LogP contribution in [0.1, 0.15) is 29.3 Å². The second-order valence-corrected chi connectivity index (χ2v) is 6.22. The number of benzene rings is 2. The number of fused-ring (bicyclic) bond motifs is 2. The predicted octanol–water partition coefficient (Wildman–Crippen LogP) is 4.97. The standard InChI is InChI=1S/C23H21NO3/c1-3-26-18-8-6-16(7-9-18)13-21-20-11-10-19(25-2)14-17(20)15-27-22-5-4-12-24-23(21)22/h4-14H,3,15H2,1-2H3/b21-13+. The average molecular weight is 359 g/mol. The number of hydrogen-bond acceptors (Lipinski definition) is 4. The minimum Gasteiger partial charge on any atom is -0.497 e. The largest absolute Gasteiger partial charge is 0.497 e. The molecule has 136 valence electrons. The summed E-state index contributed by atoms with van der Waals surface area (Å²) >= 11 is 0. The maximum absolute atomic E-state index is 6.01. The molecule has 1 aromatic heterocycles. The lowest BCUT2D eigenvalue weighted by atomic mass is 9.95. The fourth-order valence-corrected chi connectivity index (χ4v) is 3.21. The molecule has 0 bridgehead atoms. The Kier molecular flexibility index (Phi) is 4.79. The third-order valence-corrected chi connectivity index (χ3v) is 4.51. The van der Waals surface area contributed by atoms with Crippen LogP contribution in [0.4, 0.5) is 0 Å². The minimum absolute atomic E-state index is 0.478. The summed E-state index contributed by atoms with van der Waals surface area (Å²) < 4.78 is 16.9. The second-order valence-electron chi connectivity index (χ2n) is 6.22. The summed E-state index contributed by atoms with van der Waals surface area (Å²) in [7, 11) is 1.67. The van der Waals surface area contributed by atoms with Crippen LogP contribution >= 0.6 is 0 Å². The van der Waals surface area contributed by atoms with Gasteiger partial charge in [-0.15, -0.1) is 0 Å². The van der Waals surface area contributed by atoms with Gasteiger partial charge in [-0.3, -0.25) is 4.98 Å². The molecule has 27 heavy (non-hydrogen) atoms. The zero-order valence-electron chi connectivity index (χ0n) is 15.4. The predicted molar refractivity (Wildman–Crippen MR) is 106 cm³/mol. The first-order chi connectivity index (χ1) is 13.3. The highest BCUT2D eigenvalue weighted by Gasteiger charge is 2.20. The van der Waals surface area contributed by atoms with Crippen LogP contribution in [0, 0.1) is 0 Å². The van der Waals surface area contributed by atoms with E-state index in [1.807, 2.05) is 43.3 Å². The van der Waals surface area contributed by atoms with Gasteiger partial charge < -0.3 is 14.2 Å². The van der Waals surface area contributed by atoms with Crippen molar-refractivity contribution in [1.29, 1.82) is 0 Å². The molecule has 0 atom stereocenters. The maximum Gasteiger partial charge on any atom is 0.146 e. The second kappa shape index (κ2) is 7.54. The average Bonchev–Trinajstić information content (AvgIpc) is 2.86. The smallest absolute Gasteiger partial charge is 0.146 e. The molecule has 4 rings (SSSR count). The molecule has 1 aliphatic rings. The van der Waals surface area contributed by atoms with Gasteiger partial charge in [-0.2, -0.15) is 0 Å². The number of ether oxygens (including phenoxy) is 3. The first-order valence-corrected chi connectivity index (χ1v) is 8.98. The monoisotopic (exact) mass is 359 g/mol. The molecule has 0 radical (unpaired) electrons. The third-order valence-electron chi connectivity index (χ3n) is 4.51. The highest BCUT2D eigenvalue weighted by molar-refractivity contribution is 5.93. The van der Waals surface area contributed by atoms with E-state index in [1.54, 1.807) is 13.3 Å². The van der Waals surface area contributed by atoms with Crippen molar-refractivity contribution in [2.45, 2.75) is 13.5 Å². The van der Waals surface area contributed by atoms with Crippen LogP contribution in [0.5, 0.6) is 17.2 Å². The first kappa shape index (κ1) is 17.2. The van der Waals surface area contributed by atoms with Crippen LogP contribution in [-0.2, 0) is 6.61 Å². The van der Waals surface area contributed by atoms with Crippen molar-refractivity contribution in [2.24, 2.45) is 0 Å². The van der Waals surface area contributed by atoms with Gasteiger partial charge in [0.05, 0.1) is 13.7 Å². The van der Waals surface area contributed by atoms with Crippen molar-refractivity contribution in [3.8, 4) is 17.2 Å². The summed E-state index contributed by atoms with van der Waals surface area (Å²) in [6, 6.07) is 18.0. The Morgan fingerprint density at radius 1 is 1.07 bits per heavy atom. The summed E-state index contributed by atoms with van der Waals surface area (Å²) in [6.07, 6.45) is 3.93. The quantitative estimate of drug-likeness (QED) is 0.659. The van der Waals surface area contributed by atoms with Crippen molar-refractivity contribution in [3.05, 3.63) is 83.2 Å². The lowest BCUT2D eigenvalue weighted by molar-refractivity contribution is 0.305. The Hall–Kier alpha value is -3.27. The van der Waals surface area contributed by atoms with Gasteiger partial charge in [-0.25, -0.2) is 0 Å². The van der Waals surface area contributed by atoms with Crippen LogP contribution in [0.25, 0.3) is 11.6 Å². The summed E-state index contributed by atoms with van der Waals surface area (Å²) in [6.45, 7) is 3.12. The molecule has 1 aliphatic heterocycles. The van der Waals surface area contributed by atoms with Gasteiger partial charge >= 0.3 is 0 Å². The zero-order valence-corrected chi connectivity index (χ0v) is 15.4. The SMILES string of the molecule is CCOc1ccc(/C=C2\c3ccc(OC)cc3COc3cccnc32)cc1. The highest BCUT2D eigenvalue weighted by atomic mass is 16.5. The summed E-state index contributed by atoms with van der Waals surface area (Å²) in [5.74, 6) is 2.47. The molecular weight excluding hydrogens is 338 g/mol. The van der Waals surface area contributed by atoms with Gasteiger partial charge in [0, 0.05) is 17.3 Å². The topological polar surface area (TPSA) is 40.6 Å². The molecule has 0 unspecified atom stereocenters. The van der Waals surface area contributed by atoms with Gasteiger partial charge in [-0.1, -0.05) is 18.2 Å². The van der Waals surface area contributed by atoms with Crippen molar-refractivity contribution < 1.29 is 14.2 Å². The molecule has 2 heterocycles. The van der Waals surface area contributed by atoms with Crippen molar-refractivity contribution in [3.63, 3.8) is 0 Å². The highest BCUT2D eigenvalue weighted by Crippen LogP contribution is 2.37. The lowest BCUT2D eigenvalue weighted by Gasteiger charge is -2.11. The lowest BCUT2D eigenvalue weighted by Crippen LogP contribution is -1.96. The van der Waals surface area contributed by atoms with Gasteiger partial charge in [-0.05, 0) is 60.5 Å². The van der Waals surface area contributed by atoms with E-state index in [1.165, 1.54) is 0 Å². The fraction of sp³-hybridized carbons (Fsp3) is 0.174. The Bertz CT molecular complexity index is 977. The van der Waals surface area contributed by atoms with Crippen molar-refractivity contribution >= 4 is 11.6 Å². The Balaban J connectivity index is 1.84. The molecule has 0 N–H and O–H groups in total. The molecule has 0 amide bonds. The number of aromatic nitrogens is 1. The zero-order chi connectivity index (χ0) is 18.6. The van der Waals surface area contributed by atoms with E-state index in [4.69, 9.17) is 14.2 Å². The minimum atomic E-state index is 0.478. The molecule has 3 aromatic rings. The molecular formula is C23H21NO3. The van der Waals surface area contributed by atoms with Crippen molar-refractivity contribution in [2.75, 3.05) is 13.7 Å². The third kappa shape index (κ3) is 3.51. The van der Waals surface area contributed by atoms with Gasteiger partial charge in [0.15, 0.2) is 0 Å². The number of nitrogens with zero attached hydrogens (tertiary/aromatic N) is 1. The number of rotatable bonds is 4. The van der Waals surface area contributed by atoms with Crippen LogP contribution < -0.4 is 14.2 Å². The molecule has 2 aromatic carbocycles. The van der Waals surface area contributed by atoms with Gasteiger partial charge in [0.1, 0.15) is 29.5 Å². The number of methoxy groups -OCH3 is 1. The van der Waals surface area contributed by atoms with E-state index in [-0.39, 0.29) is 0 Å². The van der Waals surface area contributed by atoms with Crippen molar-refractivity contribution in [1.82, 2.24) is 4.98 Å². The van der Waals surface area contributed by atoms with E-state index < -0.39 is 0 Å². The van der Waals surface area contributed by atoms with E-state index in [0.717, 1.165) is 45.2 Å². The number of hydrogen-bond donors (Lipinski definition) is 0. The molecule has 0 aliphatic carbocycles. The molecule has 0 saturated carbocycles. The fourth-order valence-electron chi connectivity index (χ4n) is 3.21. The normalized spacial score (nSPS) is 13.9. The number of pyridine rings is 1. The van der Waals surface area contributed by atoms with E-state index in [9.17, 15) is 0 Å². The van der Waals surface area contributed by atoms with E-state index in [0.29, 0.717) is 13.2 Å². The first-order valence-electron chi connectivity index (χ1n) is 8.98. The van der Waals surface area contributed by atoms with Crippen LogP contribution in [0.2, 0.25) is 0 Å². The van der Waals surface area contributed by atoms with Gasteiger partial charge in [0.25, 0.3) is 0 Å². The van der Waals surface area contributed by atoms with Crippen LogP contribution in [-0.4, -0.2) is 18.7 Å². The summed E-state index contributed by atoms with van der Waals surface area (Å²) in [5, 5.41) is 0. The van der Waals surface area contributed by atoms with E-state index in [2.05, 4.69) is 29.3 Å². The summed E-state index contributed by atoms with van der Waals surface area (Å²) in [5.41, 5.74) is 5.13. The summed E-state index contributed by atoms with van der Waals surface area (Å²) in [4.78, 5) is 4.60. The van der Waals surface area contributed by atoms with E-state index >= 15 is 0 Å². The molecule has 4 heteroatoms. The molecule has 0 saturated heterocycles.